The minimum Gasteiger partial charge on any atom is -0.331 e. The van der Waals surface area contributed by atoms with Gasteiger partial charge in [-0.1, -0.05) is 0 Å². The third kappa shape index (κ3) is 2.43. The summed E-state index contributed by atoms with van der Waals surface area (Å²) in [5.41, 5.74) is 3.19. The van der Waals surface area contributed by atoms with E-state index in [9.17, 15) is 4.39 Å². The highest BCUT2D eigenvalue weighted by Gasteiger charge is 2.12. The van der Waals surface area contributed by atoms with Gasteiger partial charge in [-0.2, -0.15) is 0 Å². The lowest BCUT2D eigenvalue weighted by Crippen LogP contribution is -2.13. The van der Waals surface area contributed by atoms with Crippen LogP contribution in [0.2, 0.25) is 0 Å². The molecule has 1 heterocycles. The van der Waals surface area contributed by atoms with E-state index in [1.54, 1.807) is 12.1 Å². The second-order valence-electron chi connectivity index (χ2n) is 4.39. The van der Waals surface area contributed by atoms with Gasteiger partial charge in [0.05, 0.1) is 5.69 Å². The Labute approximate surface area is 107 Å². The number of benzene rings is 1. The van der Waals surface area contributed by atoms with Crippen LogP contribution in [0.3, 0.4) is 0 Å². The van der Waals surface area contributed by atoms with E-state index in [2.05, 4.69) is 14.9 Å². The lowest BCUT2D eigenvalue weighted by atomic mass is 10.2. The van der Waals surface area contributed by atoms with Crippen LogP contribution in [0.1, 0.15) is 11.4 Å². The molecule has 2 aromatic rings. The van der Waals surface area contributed by atoms with Crippen LogP contribution >= 0.6 is 0 Å². The van der Waals surface area contributed by atoms with Crippen molar-refractivity contribution in [3.05, 3.63) is 41.5 Å². The first kappa shape index (κ1) is 12.8. The van der Waals surface area contributed by atoms with Crippen molar-refractivity contribution in [3.8, 4) is 11.4 Å². The predicted octanol–water partition coefficient (Wildman–Crippen LogP) is 2.30. The quantitative estimate of drug-likeness (QED) is 0.898. The number of rotatable bonds is 4. The van der Waals surface area contributed by atoms with Gasteiger partial charge in [-0.15, -0.1) is 0 Å². The maximum Gasteiger partial charge on any atom is 0.140 e. The number of nitrogens with zero attached hydrogens (tertiary/aromatic N) is 2. The molecule has 1 aromatic heterocycles. The van der Waals surface area contributed by atoms with Gasteiger partial charge in [0.2, 0.25) is 0 Å². The van der Waals surface area contributed by atoms with Crippen molar-refractivity contribution in [2.24, 2.45) is 7.05 Å². The fourth-order valence-electron chi connectivity index (χ4n) is 2.12. The van der Waals surface area contributed by atoms with Gasteiger partial charge >= 0.3 is 0 Å². The van der Waals surface area contributed by atoms with Crippen LogP contribution in [-0.2, 0) is 13.5 Å². The Hall–Kier alpha value is -1.68. The monoisotopic (exact) mass is 247 g/mol. The average molecular weight is 247 g/mol. The number of aromatic nitrogens is 2. The van der Waals surface area contributed by atoms with E-state index in [-0.39, 0.29) is 5.82 Å². The molecule has 0 atom stereocenters. The molecule has 2 rings (SSSR count). The molecule has 4 heteroatoms. The van der Waals surface area contributed by atoms with Crippen LogP contribution in [0, 0.1) is 12.7 Å². The van der Waals surface area contributed by atoms with Crippen molar-refractivity contribution in [2.75, 3.05) is 13.6 Å². The largest absolute Gasteiger partial charge is 0.331 e. The SMILES string of the molecule is CNCCc1c(C)nc(-c2ccc(F)cc2)n1C. The molecule has 0 amide bonds. The van der Waals surface area contributed by atoms with E-state index in [1.807, 2.05) is 21.0 Å². The highest BCUT2D eigenvalue weighted by atomic mass is 19.1. The first-order valence-corrected chi connectivity index (χ1v) is 6.06. The van der Waals surface area contributed by atoms with Gasteiger partial charge < -0.3 is 9.88 Å². The summed E-state index contributed by atoms with van der Waals surface area (Å²) in [6.07, 6.45) is 0.938. The van der Waals surface area contributed by atoms with Crippen LogP contribution in [0.25, 0.3) is 11.4 Å². The minimum absolute atomic E-state index is 0.222. The summed E-state index contributed by atoms with van der Waals surface area (Å²) < 4.78 is 15.0. The predicted molar refractivity (Wildman–Crippen MR) is 71.0 cm³/mol. The maximum absolute atomic E-state index is 12.9. The number of hydrogen-bond acceptors (Lipinski definition) is 2. The van der Waals surface area contributed by atoms with Crippen LogP contribution in [-0.4, -0.2) is 23.1 Å². The van der Waals surface area contributed by atoms with Crippen molar-refractivity contribution < 1.29 is 4.39 Å². The zero-order valence-electron chi connectivity index (χ0n) is 11.0. The molecule has 3 nitrogen and oxygen atoms in total. The summed E-state index contributed by atoms with van der Waals surface area (Å²) in [4.78, 5) is 4.58. The third-order valence-corrected chi connectivity index (χ3v) is 3.13. The van der Waals surface area contributed by atoms with Crippen molar-refractivity contribution >= 4 is 0 Å². The Balaban J connectivity index is 2.37. The smallest absolute Gasteiger partial charge is 0.140 e. The molecule has 0 unspecified atom stereocenters. The van der Waals surface area contributed by atoms with Gasteiger partial charge in [0.1, 0.15) is 11.6 Å². The molecule has 0 saturated carbocycles. The van der Waals surface area contributed by atoms with Gasteiger partial charge in [-0.3, -0.25) is 0 Å². The molecule has 18 heavy (non-hydrogen) atoms. The van der Waals surface area contributed by atoms with E-state index >= 15 is 0 Å². The number of nitrogens with one attached hydrogen (secondary N) is 1. The Bertz CT molecular complexity index is 529. The molecule has 0 saturated heterocycles. The van der Waals surface area contributed by atoms with Gasteiger partial charge in [0.15, 0.2) is 0 Å². The molecule has 0 aliphatic heterocycles. The summed E-state index contributed by atoms with van der Waals surface area (Å²) in [6, 6.07) is 6.46. The molecular weight excluding hydrogens is 229 g/mol. The molecule has 1 aromatic carbocycles. The van der Waals surface area contributed by atoms with Crippen molar-refractivity contribution in [2.45, 2.75) is 13.3 Å². The van der Waals surface area contributed by atoms with Crippen molar-refractivity contribution in [1.29, 1.82) is 0 Å². The Morgan fingerprint density at radius 1 is 1.28 bits per heavy atom. The normalized spacial score (nSPS) is 10.9. The fourth-order valence-corrected chi connectivity index (χ4v) is 2.12. The number of hydrogen-bond donors (Lipinski definition) is 1. The van der Waals surface area contributed by atoms with E-state index in [0.717, 1.165) is 30.0 Å². The molecule has 0 radical (unpaired) electrons. The fraction of sp³-hybridized carbons (Fsp3) is 0.357. The average Bonchev–Trinajstić information content (AvgIpc) is 2.64. The summed E-state index contributed by atoms with van der Waals surface area (Å²) in [7, 11) is 3.94. The molecule has 1 N–H and O–H groups in total. The van der Waals surface area contributed by atoms with Crippen LogP contribution in [0.4, 0.5) is 4.39 Å². The molecule has 96 valence electrons. The molecule has 0 spiro atoms. The molecule has 0 aliphatic carbocycles. The molecule has 0 fully saturated rings. The number of aryl methyl sites for hydroxylation is 1. The van der Waals surface area contributed by atoms with E-state index in [0.29, 0.717) is 0 Å². The first-order valence-electron chi connectivity index (χ1n) is 6.06. The molecule has 0 bridgehead atoms. The van der Waals surface area contributed by atoms with Crippen LogP contribution in [0.15, 0.2) is 24.3 Å². The Kier molecular flexibility index (Phi) is 3.77. The lowest BCUT2D eigenvalue weighted by Gasteiger charge is -2.06. The lowest BCUT2D eigenvalue weighted by molar-refractivity contribution is 0.628. The van der Waals surface area contributed by atoms with E-state index < -0.39 is 0 Å². The molecule has 0 aliphatic rings. The second-order valence-corrected chi connectivity index (χ2v) is 4.39. The van der Waals surface area contributed by atoms with Gasteiger partial charge in [-0.05, 0) is 38.2 Å². The van der Waals surface area contributed by atoms with Crippen molar-refractivity contribution in [3.63, 3.8) is 0 Å². The van der Waals surface area contributed by atoms with Gasteiger partial charge in [-0.25, -0.2) is 9.37 Å². The molecular formula is C14H18FN3. The summed E-state index contributed by atoms with van der Waals surface area (Å²) in [6.45, 7) is 2.93. The summed E-state index contributed by atoms with van der Waals surface area (Å²) in [5, 5.41) is 3.14. The van der Waals surface area contributed by atoms with Gasteiger partial charge in [0.25, 0.3) is 0 Å². The topological polar surface area (TPSA) is 29.9 Å². The summed E-state index contributed by atoms with van der Waals surface area (Å²) >= 11 is 0. The van der Waals surface area contributed by atoms with Crippen LogP contribution < -0.4 is 5.32 Å². The van der Waals surface area contributed by atoms with Gasteiger partial charge in [0, 0.05) is 31.3 Å². The zero-order valence-corrected chi connectivity index (χ0v) is 11.0. The van der Waals surface area contributed by atoms with Crippen molar-refractivity contribution in [1.82, 2.24) is 14.9 Å². The standard InChI is InChI=1S/C14H18FN3/c1-10-13(8-9-16-2)18(3)14(17-10)11-4-6-12(15)7-5-11/h4-7,16H,8-9H2,1-3H3. The van der Waals surface area contributed by atoms with E-state index in [4.69, 9.17) is 0 Å². The Morgan fingerprint density at radius 3 is 2.56 bits per heavy atom. The van der Waals surface area contributed by atoms with E-state index in [1.165, 1.54) is 17.8 Å². The number of halogens is 1. The number of likely N-dealkylation sites (N-methyl/N-ethyl adjacent to an activating group) is 1. The minimum atomic E-state index is -0.222. The third-order valence-electron chi connectivity index (χ3n) is 3.13. The first-order chi connectivity index (χ1) is 8.63. The maximum atomic E-state index is 12.9. The number of imidazole rings is 1. The second kappa shape index (κ2) is 5.31. The summed E-state index contributed by atoms with van der Waals surface area (Å²) in [5.74, 6) is 0.665. The highest BCUT2D eigenvalue weighted by molar-refractivity contribution is 5.56. The zero-order chi connectivity index (χ0) is 13.1. The van der Waals surface area contributed by atoms with Crippen LogP contribution in [0.5, 0.6) is 0 Å². The highest BCUT2D eigenvalue weighted by Crippen LogP contribution is 2.21. The Morgan fingerprint density at radius 2 is 1.94 bits per heavy atom.